The van der Waals surface area contributed by atoms with E-state index in [0.29, 0.717) is 11.3 Å². The average Bonchev–Trinajstić information content (AvgIpc) is 3.04. The molecule has 0 spiro atoms. The molecule has 2 rings (SSSR count). The van der Waals surface area contributed by atoms with Gasteiger partial charge in [0.1, 0.15) is 9.77 Å². The molecule has 0 aliphatic rings. The van der Waals surface area contributed by atoms with Gasteiger partial charge in [-0.25, -0.2) is 22.7 Å². The lowest BCUT2D eigenvalue weighted by atomic mass is 10.5. The summed E-state index contributed by atoms with van der Waals surface area (Å²) in [6.07, 6.45) is 0. The summed E-state index contributed by atoms with van der Waals surface area (Å²) in [5, 5.41) is 12.3. The Balaban J connectivity index is 2.19. The molecule has 2 amide bonds. The van der Waals surface area contributed by atoms with Gasteiger partial charge in [-0.1, -0.05) is 0 Å². The molecule has 25 heavy (non-hydrogen) atoms. The molecule has 0 unspecified atom stereocenters. The second kappa shape index (κ2) is 7.27. The molecular formula is C11H11N5O7S2. The summed E-state index contributed by atoms with van der Waals surface area (Å²) >= 11 is 0.709. The summed E-state index contributed by atoms with van der Waals surface area (Å²) < 4.78 is 35.5. The van der Waals surface area contributed by atoms with Crippen molar-refractivity contribution in [3.63, 3.8) is 0 Å². The zero-order chi connectivity index (χ0) is 18.6. The monoisotopic (exact) mass is 389 g/mol. The van der Waals surface area contributed by atoms with E-state index in [1.165, 1.54) is 19.6 Å². The van der Waals surface area contributed by atoms with Crippen molar-refractivity contribution in [1.82, 2.24) is 19.7 Å². The van der Waals surface area contributed by atoms with E-state index in [2.05, 4.69) is 20.3 Å². The summed E-state index contributed by atoms with van der Waals surface area (Å²) in [6.45, 7) is 0. The molecule has 2 aromatic rings. The maximum Gasteiger partial charge on any atom is 0.347 e. The van der Waals surface area contributed by atoms with Crippen LogP contribution in [0.25, 0.3) is 0 Å². The lowest BCUT2D eigenvalue weighted by molar-refractivity contribution is 0.0698. The minimum atomic E-state index is -4.41. The smallest absolute Gasteiger partial charge is 0.347 e. The SMILES string of the molecule is COc1nc(NC(=O)NS(=O)(=O)c2ccsc2C(=O)O)nc(OC)n1. The van der Waals surface area contributed by atoms with Crippen LogP contribution in [0, 0.1) is 0 Å². The molecule has 2 aromatic heterocycles. The third kappa shape index (κ3) is 4.30. The summed E-state index contributed by atoms with van der Waals surface area (Å²) in [6, 6.07) is -0.483. The third-order valence-electron chi connectivity index (χ3n) is 2.52. The van der Waals surface area contributed by atoms with Crippen LogP contribution in [0.15, 0.2) is 16.3 Å². The fraction of sp³-hybridized carbons (Fsp3) is 0.182. The zero-order valence-corrected chi connectivity index (χ0v) is 14.3. The van der Waals surface area contributed by atoms with E-state index in [-0.39, 0.29) is 18.0 Å². The number of carboxylic acid groups (broad SMARTS) is 1. The molecule has 0 saturated heterocycles. The molecule has 0 aliphatic carbocycles. The number of aromatic carboxylic acids is 1. The first-order chi connectivity index (χ1) is 11.8. The van der Waals surface area contributed by atoms with Gasteiger partial charge < -0.3 is 14.6 Å². The maximum atomic E-state index is 12.1. The van der Waals surface area contributed by atoms with Crippen molar-refractivity contribution in [1.29, 1.82) is 0 Å². The molecule has 14 heteroatoms. The second-order valence-electron chi connectivity index (χ2n) is 4.11. The van der Waals surface area contributed by atoms with E-state index in [0.717, 1.165) is 6.07 Å². The topological polar surface area (TPSA) is 170 Å². The Morgan fingerprint density at radius 2 is 1.76 bits per heavy atom. The number of amides is 2. The number of carbonyl (C=O) groups is 2. The van der Waals surface area contributed by atoms with Gasteiger partial charge >= 0.3 is 24.0 Å². The second-order valence-corrected chi connectivity index (χ2v) is 6.68. The number of ether oxygens (including phenoxy) is 2. The third-order valence-corrected chi connectivity index (χ3v) is 4.93. The first-order valence-corrected chi connectivity index (χ1v) is 8.61. The number of carboxylic acids is 1. The number of nitrogens with one attached hydrogen (secondary N) is 2. The molecule has 0 fully saturated rings. The number of sulfonamides is 1. The predicted molar refractivity (Wildman–Crippen MR) is 83.5 cm³/mol. The largest absolute Gasteiger partial charge is 0.477 e. The summed E-state index contributed by atoms with van der Waals surface area (Å²) in [4.78, 5) is 33.0. The Kier molecular flexibility index (Phi) is 5.33. The van der Waals surface area contributed by atoms with Gasteiger partial charge in [0.05, 0.1) is 14.2 Å². The van der Waals surface area contributed by atoms with E-state index in [1.54, 1.807) is 4.72 Å². The number of carbonyl (C=O) groups excluding carboxylic acids is 1. The number of methoxy groups -OCH3 is 2. The number of hydrogen-bond donors (Lipinski definition) is 3. The van der Waals surface area contributed by atoms with Crippen molar-refractivity contribution >= 4 is 39.3 Å². The van der Waals surface area contributed by atoms with Crippen LogP contribution in [0.5, 0.6) is 12.0 Å². The summed E-state index contributed by atoms with van der Waals surface area (Å²) in [5.74, 6) is -1.76. The quantitative estimate of drug-likeness (QED) is 0.618. The van der Waals surface area contributed by atoms with Gasteiger partial charge in [0, 0.05) is 0 Å². The molecule has 2 heterocycles. The van der Waals surface area contributed by atoms with Crippen molar-refractivity contribution in [2.45, 2.75) is 4.90 Å². The van der Waals surface area contributed by atoms with E-state index in [4.69, 9.17) is 14.6 Å². The van der Waals surface area contributed by atoms with E-state index in [9.17, 15) is 18.0 Å². The number of anilines is 1. The molecule has 0 atom stereocenters. The van der Waals surface area contributed by atoms with Gasteiger partial charge in [-0.15, -0.1) is 16.3 Å². The fourth-order valence-electron chi connectivity index (χ4n) is 1.55. The van der Waals surface area contributed by atoms with Gasteiger partial charge in [-0.3, -0.25) is 5.32 Å². The Hall–Kier alpha value is -3.00. The standard InChI is InChI=1S/C11H11N5O7S2/c1-22-10-13-8(14-11(15-10)23-2)12-9(19)16-25(20,21)5-3-4-24-6(5)7(17)18/h3-4H,1-2H3,(H,17,18)(H2,12,13,14,15,16,19). The number of hydrogen-bond acceptors (Lipinski definition) is 10. The highest BCUT2D eigenvalue weighted by Gasteiger charge is 2.26. The Bertz CT molecular complexity index is 889. The van der Waals surface area contributed by atoms with Crippen molar-refractivity contribution in [2.24, 2.45) is 0 Å². The van der Waals surface area contributed by atoms with Gasteiger partial charge in [0.2, 0.25) is 5.95 Å². The minimum absolute atomic E-state index is 0.170. The lowest BCUT2D eigenvalue weighted by Crippen LogP contribution is -2.35. The van der Waals surface area contributed by atoms with Crippen LogP contribution in [-0.2, 0) is 10.0 Å². The Morgan fingerprint density at radius 3 is 2.28 bits per heavy atom. The number of rotatable bonds is 6. The lowest BCUT2D eigenvalue weighted by Gasteiger charge is -2.08. The summed E-state index contributed by atoms with van der Waals surface area (Å²) in [5.41, 5.74) is 0. The Labute approximate surface area is 144 Å². The number of urea groups is 1. The number of nitrogens with zero attached hydrogens (tertiary/aromatic N) is 3. The molecule has 0 saturated carbocycles. The molecule has 0 aliphatic heterocycles. The predicted octanol–water partition coefficient (Wildman–Crippen LogP) is 0.159. The van der Waals surface area contributed by atoms with Crippen molar-refractivity contribution < 1.29 is 32.6 Å². The van der Waals surface area contributed by atoms with Crippen LogP contribution in [0.4, 0.5) is 10.7 Å². The van der Waals surface area contributed by atoms with Crippen molar-refractivity contribution in [3.8, 4) is 12.0 Å². The molecule has 3 N–H and O–H groups in total. The molecule has 0 radical (unpaired) electrons. The van der Waals surface area contributed by atoms with Crippen LogP contribution in [-0.4, -0.2) is 54.7 Å². The molecule has 134 valence electrons. The maximum absolute atomic E-state index is 12.1. The van der Waals surface area contributed by atoms with Gasteiger partial charge in [0.25, 0.3) is 10.0 Å². The van der Waals surface area contributed by atoms with Crippen LogP contribution >= 0.6 is 11.3 Å². The van der Waals surface area contributed by atoms with Crippen LogP contribution in [0.3, 0.4) is 0 Å². The fourth-order valence-corrected chi connectivity index (χ4v) is 3.71. The average molecular weight is 389 g/mol. The van der Waals surface area contributed by atoms with Gasteiger partial charge in [-0.05, 0) is 11.4 Å². The van der Waals surface area contributed by atoms with E-state index >= 15 is 0 Å². The van der Waals surface area contributed by atoms with E-state index in [1.807, 2.05) is 0 Å². The number of aromatic nitrogens is 3. The van der Waals surface area contributed by atoms with Crippen LogP contribution in [0.2, 0.25) is 0 Å². The van der Waals surface area contributed by atoms with Crippen LogP contribution in [0.1, 0.15) is 9.67 Å². The molecular weight excluding hydrogens is 378 g/mol. The molecule has 0 aromatic carbocycles. The first-order valence-electron chi connectivity index (χ1n) is 6.25. The Morgan fingerprint density at radius 1 is 1.16 bits per heavy atom. The highest BCUT2D eigenvalue weighted by molar-refractivity contribution is 7.90. The molecule has 0 bridgehead atoms. The van der Waals surface area contributed by atoms with Gasteiger partial charge in [0.15, 0.2) is 0 Å². The van der Waals surface area contributed by atoms with Crippen molar-refractivity contribution in [2.75, 3.05) is 19.5 Å². The van der Waals surface area contributed by atoms with Gasteiger partial charge in [-0.2, -0.15) is 9.97 Å². The summed E-state index contributed by atoms with van der Waals surface area (Å²) in [7, 11) is -1.87. The first kappa shape index (κ1) is 18.3. The molecule has 12 nitrogen and oxygen atoms in total. The normalized spacial score (nSPS) is 10.8. The zero-order valence-electron chi connectivity index (χ0n) is 12.7. The van der Waals surface area contributed by atoms with E-state index < -0.39 is 31.8 Å². The number of thiophene rings is 1. The van der Waals surface area contributed by atoms with Crippen LogP contribution < -0.4 is 19.5 Å². The highest BCUT2D eigenvalue weighted by Crippen LogP contribution is 2.21. The highest BCUT2D eigenvalue weighted by atomic mass is 32.2. The minimum Gasteiger partial charge on any atom is -0.477 e. The van der Waals surface area contributed by atoms with Crippen molar-refractivity contribution in [3.05, 3.63) is 16.3 Å².